The second-order valence-corrected chi connectivity index (χ2v) is 4.98. The maximum absolute atomic E-state index is 12.6. The zero-order valence-electron chi connectivity index (χ0n) is 11.6. The molecule has 2 N–H and O–H groups in total. The van der Waals surface area contributed by atoms with Crippen LogP contribution in [0.15, 0.2) is 42.5 Å². The predicted octanol–water partition coefficient (Wildman–Crippen LogP) is 3.90. The molecule has 2 aromatic rings. The van der Waals surface area contributed by atoms with E-state index in [2.05, 4.69) is 0 Å². The number of carbonyl (C=O) groups excluding carboxylic acids is 1. The molecule has 0 saturated carbocycles. The van der Waals surface area contributed by atoms with Crippen LogP contribution in [-0.4, -0.2) is 12.5 Å². The Balaban J connectivity index is 2.39. The predicted molar refractivity (Wildman–Crippen MR) is 84.4 cm³/mol. The van der Waals surface area contributed by atoms with Gasteiger partial charge in [-0.2, -0.15) is 0 Å². The highest BCUT2D eigenvalue weighted by Gasteiger charge is 2.18. The van der Waals surface area contributed by atoms with Crippen molar-refractivity contribution >= 4 is 28.9 Å². The fourth-order valence-corrected chi connectivity index (χ4v) is 2.22. The van der Waals surface area contributed by atoms with E-state index in [0.717, 1.165) is 11.3 Å². The van der Waals surface area contributed by atoms with E-state index in [-0.39, 0.29) is 5.91 Å². The van der Waals surface area contributed by atoms with E-state index < -0.39 is 0 Å². The third-order valence-electron chi connectivity index (χ3n) is 3.21. The third-order valence-corrected chi connectivity index (χ3v) is 3.61. The lowest BCUT2D eigenvalue weighted by Gasteiger charge is -2.22. The number of nitrogens with zero attached hydrogens (tertiary/aromatic N) is 1. The molecule has 0 aromatic heterocycles. The average molecular weight is 289 g/mol. The maximum atomic E-state index is 12.6. The van der Waals surface area contributed by atoms with Gasteiger partial charge in [0.15, 0.2) is 0 Å². The number of carbonyl (C=O) groups is 1. The van der Waals surface area contributed by atoms with Crippen LogP contribution in [0.4, 0.5) is 11.4 Å². The fraction of sp³-hybridized carbons (Fsp3) is 0.188. The van der Waals surface area contributed by atoms with E-state index in [1.165, 1.54) is 0 Å². The van der Waals surface area contributed by atoms with Crippen LogP contribution in [0.2, 0.25) is 5.02 Å². The van der Waals surface area contributed by atoms with Gasteiger partial charge in [0.1, 0.15) is 0 Å². The molecule has 0 atom stereocenters. The van der Waals surface area contributed by atoms with Crippen molar-refractivity contribution in [3.8, 4) is 0 Å². The third kappa shape index (κ3) is 2.78. The summed E-state index contributed by atoms with van der Waals surface area (Å²) in [6, 6.07) is 12.7. The Labute approximate surface area is 124 Å². The summed E-state index contributed by atoms with van der Waals surface area (Å²) >= 11 is 6.09. The van der Waals surface area contributed by atoms with Gasteiger partial charge in [0.05, 0.1) is 11.4 Å². The van der Waals surface area contributed by atoms with Gasteiger partial charge in [-0.05, 0) is 43.7 Å². The number of hydrogen-bond donors (Lipinski definition) is 1. The number of nitrogen functional groups attached to an aromatic ring is 1. The molecule has 0 aliphatic heterocycles. The van der Waals surface area contributed by atoms with Gasteiger partial charge in [-0.1, -0.05) is 29.8 Å². The van der Waals surface area contributed by atoms with Crippen LogP contribution < -0.4 is 10.6 Å². The molecule has 0 unspecified atom stereocenters. The molecule has 2 rings (SSSR count). The van der Waals surface area contributed by atoms with Gasteiger partial charge in [0.2, 0.25) is 0 Å². The van der Waals surface area contributed by atoms with Crippen LogP contribution in [0, 0.1) is 6.92 Å². The zero-order valence-corrected chi connectivity index (χ0v) is 12.3. The van der Waals surface area contributed by atoms with Crippen molar-refractivity contribution in [2.24, 2.45) is 0 Å². The summed E-state index contributed by atoms with van der Waals surface area (Å²) in [7, 11) is 0. The molecule has 20 heavy (non-hydrogen) atoms. The lowest BCUT2D eigenvalue weighted by molar-refractivity contribution is 0.0988. The number of amides is 1. The first kappa shape index (κ1) is 14.4. The summed E-state index contributed by atoms with van der Waals surface area (Å²) in [6.45, 7) is 4.36. The van der Waals surface area contributed by atoms with Crippen molar-refractivity contribution in [1.29, 1.82) is 0 Å². The normalized spacial score (nSPS) is 10.3. The van der Waals surface area contributed by atoms with Crippen molar-refractivity contribution in [1.82, 2.24) is 0 Å². The van der Waals surface area contributed by atoms with E-state index in [1.54, 1.807) is 23.1 Å². The molecule has 0 fully saturated rings. The van der Waals surface area contributed by atoms with Gasteiger partial charge in [-0.15, -0.1) is 0 Å². The first-order chi connectivity index (χ1) is 9.54. The molecule has 104 valence electrons. The van der Waals surface area contributed by atoms with Crippen LogP contribution in [-0.2, 0) is 0 Å². The van der Waals surface area contributed by atoms with Gasteiger partial charge in [0, 0.05) is 17.1 Å². The Morgan fingerprint density at radius 3 is 2.55 bits per heavy atom. The standard InChI is InChI=1S/C16H17ClN2O/c1-3-19(15-7-5-4-6-14(15)18)16(20)12-9-8-11(2)13(17)10-12/h4-10H,3,18H2,1-2H3. The highest BCUT2D eigenvalue weighted by Crippen LogP contribution is 2.25. The largest absolute Gasteiger partial charge is 0.397 e. The van der Waals surface area contributed by atoms with E-state index in [9.17, 15) is 4.79 Å². The molecule has 0 aliphatic rings. The number of benzene rings is 2. The molecule has 0 heterocycles. The van der Waals surface area contributed by atoms with Gasteiger partial charge in [-0.25, -0.2) is 0 Å². The van der Waals surface area contributed by atoms with Gasteiger partial charge < -0.3 is 10.6 Å². The number of rotatable bonds is 3. The summed E-state index contributed by atoms with van der Waals surface area (Å²) in [5.41, 5.74) is 8.76. The Morgan fingerprint density at radius 2 is 1.95 bits per heavy atom. The van der Waals surface area contributed by atoms with Crippen LogP contribution in [0.5, 0.6) is 0 Å². The average Bonchev–Trinajstić information content (AvgIpc) is 2.44. The molecule has 0 spiro atoms. The summed E-state index contributed by atoms with van der Waals surface area (Å²) in [5.74, 6) is -0.104. The SMILES string of the molecule is CCN(C(=O)c1ccc(C)c(Cl)c1)c1ccccc1N. The summed E-state index contributed by atoms with van der Waals surface area (Å²) in [6.07, 6.45) is 0. The molecule has 1 amide bonds. The summed E-state index contributed by atoms with van der Waals surface area (Å²) in [5, 5.41) is 0.591. The molecule has 3 nitrogen and oxygen atoms in total. The van der Waals surface area contributed by atoms with E-state index >= 15 is 0 Å². The quantitative estimate of drug-likeness (QED) is 0.871. The molecule has 0 saturated heterocycles. The second-order valence-electron chi connectivity index (χ2n) is 4.57. The van der Waals surface area contributed by atoms with Crippen molar-refractivity contribution in [3.63, 3.8) is 0 Å². The topological polar surface area (TPSA) is 46.3 Å². The summed E-state index contributed by atoms with van der Waals surface area (Å²) in [4.78, 5) is 14.3. The monoisotopic (exact) mass is 288 g/mol. The number of anilines is 2. The minimum Gasteiger partial charge on any atom is -0.397 e. The number of halogens is 1. The molecule has 2 aromatic carbocycles. The zero-order chi connectivity index (χ0) is 14.7. The maximum Gasteiger partial charge on any atom is 0.258 e. The molecule has 4 heteroatoms. The number of para-hydroxylation sites is 2. The highest BCUT2D eigenvalue weighted by atomic mass is 35.5. The van der Waals surface area contributed by atoms with Crippen molar-refractivity contribution in [3.05, 3.63) is 58.6 Å². The number of aryl methyl sites for hydroxylation is 1. The van der Waals surface area contributed by atoms with Gasteiger partial charge in [-0.3, -0.25) is 4.79 Å². The molecular formula is C16H17ClN2O. The Morgan fingerprint density at radius 1 is 1.25 bits per heavy atom. The summed E-state index contributed by atoms with van der Waals surface area (Å²) < 4.78 is 0. The minimum atomic E-state index is -0.104. The second kappa shape index (κ2) is 5.97. The van der Waals surface area contributed by atoms with Crippen molar-refractivity contribution in [2.45, 2.75) is 13.8 Å². The Bertz CT molecular complexity index is 640. The lowest BCUT2D eigenvalue weighted by atomic mass is 10.1. The highest BCUT2D eigenvalue weighted by molar-refractivity contribution is 6.31. The first-order valence-corrected chi connectivity index (χ1v) is 6.85. The molecule has 0 radical (unpaired) electrons. The lowest BCUT2D eigenvalue weighted by Crippen LogP contribution is -2.31. The van der Waals surface area contributed by atoms with Crippen LogP contribution in [0.25, 0.3) is 0 Å². The van der Waals surface area contributed by atoms with E-state index in [0.29, 0.717) is 22.8 Å². The molecule has 0 bridgehead atoms. The van der Waals surface area contributed by atoms with Crippen LogP contribution in [0.3, 0.4) is 0 Å². The molecular weight excluding hydrogens is 272 g/mol. The van der Waals surface area contributed by atoms with E-state index in [4.69, 9.17) is 17.3 Å². The number of hydrogen-bond acceptors (Lipinski definition) is 2. The fourth-order valence-electron chi connectivity index (χ4n) is 2.04. The Kier molecular flexibility index (Phi) is 4.30. The minimum absolute atomic E-state index is 0.104. The van der Waals surface area contributed by atoms with Crippen LogP contribution in [0.1, 0.15) is 22.8 Å². The van der Waals surface area contributed by atoms with Gasteiger partial charge in [0.25, 0.3) is 5.91 Å². The van der Waals surface area contributed by atoms with E-state index in [1.807, 2.05) is 38.1 Å². The van der Waals surface area contributed by atoms with Gasteiger partial charge >= 0.3 is 0 Å². The van der Waals surface area contributed by atoms with Crippen molar-refractivity contribution in [2.75, 3.05) is 17.2 Å². The first-order valence-electron chi connectivity index (χ1n) is 6.47. The number of nitrogens with two attached hydrogens (primary N) is 1. The molecule has 0 aliphatic carbocycles. The smallest absolute Gasteiger partial charge is 0.258 e. The van der Waals surface area contributed by atoms with Crippen molar-refractivity contribution < 1.29 is 4.79 Å². The van der Waals surface area contributed by atoms with Crippen LogP contribution >= 0.6 is 11.6 Å². The Hall–Kier alpha value is -2.00.